The van der Waals surface area contributed by atoms with Crippen molar-refractivity contribution in [2.24, 2.45) is 4.99 Å². The lowest BCUT2D eigenvalue weighted by molar-refractivity contribution is -0.385. The Labute approximate surface area is 80.7 Å². The molecule has 1 atom stereocenters. The first kappa shape index (κ1) is 8.87. The van der Waals surface area contributed by atoms with E-state index in [2.05, 4.69) is 4.99 Å². The first-order valence-corrected chi connectivity index (χ1v) is 4.42. The van der Waals surface area contributed by atoms with Crippen molar-refractivity contribution in [1.29, 1.82) is 0 Å². The van der Waals surface area contributed by atoms with Crippen LogP contribution in [0.2, 0.25) is 0 Å². The molecule has 0 N–H and O–H groups in total. The van der Waals surface area contributed by atoms with E-state index in [0.717, 1.165) is 10.6 Å². The molecule has 1 aliphatic heterocycles. The summed E-state index contributed by atoms with van der Waals surface area (Å²) in [7, 11) is 0. The van der Waals surface area contributed by atoms with Gasteiger partial charge in [-0.05, 0) is 25.5 Å². The molecule has 14 heavy (non-hydrogen) atoms. The lowest BCUT2D eigenvalue weighted by Gasteiger charge is -1.97. The van der Waals surface area contributed by atoms with Crippen molar-refractivity contribution in [3.8, 4) is 0 Å². The predicted molar refractivity (Wildman–Crippen MR) is 52.4 cm³/mol. The minimum absolute atomic E-state index is 0.106. The number of nitro groups is 1. The van der Waals surface area contributed by atoms with E-state index in [1.807, 2.05) is 13.8 Å². The number of hydrogen-bond acceptors (Lipinski definition) is 3. The van der Waals surface area contributed by atoms with Crippen molar-refractivity contribution in [1.82, 2.24) is 0 Å². The maximum atomic E-state index is 10.5. The highest BCUT2D eigenvalue weighted by atomic mass is 16.6. The number of nitrogens with zero attached hydrogens (tertiary/aromatic N) is 2. The summed E-state index contributed by atoms with van der Waals surface area (Å²) in [5.74, 6) is 0. The van der Waals surface area contributed by atoms with Crippen LogP contribution in [0.15, 0.2) is 23.2 Å². The van der Waals surface area contributed by atoms with Crippen LogP contribution in [0.5, 0.6) is 0 Å². The fourth-order valence-corrected chi connectivity index (χ4v) is 1.60. The number of non-ortho nitro benzene ring substituents is 1. The van der Waals surface area contributed by atoms with E-state index in [0.29, 0.717) is 0 Å². The molecule has 1 aromatic carbocycles. The van der Waals surface area contributed by atoms with Crippen molar-refractivity contribution >= 4 is 11.3 Å². The quantitative estimate of drug-likeness (QED) is 0.485. The van der Waals surface area contributed by atoms with Crippen LogP contribution in [0.25, 0.3) is 5.57 Å². The Kier molecular flexibility index (Phi) is 1.84. The molecule has 4 heteroatoms. The zero-order valence-corrected chi connectivity index (χ0v) is 8.02. The van der Waals surface area contributed by atoms with Crippen LogP contribution in [0.4, 0.5) is 5.69 Å². The van der Waals surface area contributed by atoms with E-state index in [-0.39, 0.29) is 11.7 Å². The zero-order chi connectivity index (χ0) is 10.3. The summed E-state index contributed by atoms with van der Waals surface area (Å²) < 4.78 is 0. The normalized spacial score (nSPS) is 19.0. The standard InChI is InChI=1S/C10H10N2O2/c1-6-7(2)11-10-5-8(12(13)14)3-4-9(6)10/h3-5,7H,1-2H3. The van der Waals surface area contributed by atoms with E-state index in [4.69, 9.17) is 0 Å². The van der Waals surface area contributed by atoms with E-state index in [1.165, 1.54) is 17.7 Å². The molecular formula is C10H10N2O2. The Morgan fingerprint density at radius 1 is 1.50 bits per heavy atom. The Balaban J connectivity index is 2.73. The first-order valence-electron chi connectivity index (χ1n) is 4.42. The van der Waals surface area contributed by atoms with Crippen molar-refractivity contribution in [2.75, 3.05) is 0 Å². The van der Waals surface area contributed by atoms with Crippen LogP contribution >= 0.6 is 0 Å². The maximum absolute atomic E-state index is 10.5. The largest absolute Gasteiger partial charge is 0.277 e. The van der Waals surface area contributed by atoms with Crippen molar-refractivity contribution < 1.29 is 4.92 Å². The fraction of sp³-hybridized carbons (Fsp3) is 0.300. The second kappa shape index (κ2) is 2.90. The number of nitro benzene ring substituents is 1. The molecule has 2 rings (SSSR count). The van der Waals surface area contributed by atoms with Gasteiger partial charge in [0.25, 0.3) is 5.69 Å². The molecular weight excluding hydrogens is 180 g/mol. The van der Waals surface area contributed by atoms with Crippen molar-refractivity contribution in [2.45, 2.75) is 19.9 Å². The average molecular weight is 190 g/mol. The molecule has 0 bridgehead atoms. The lowest BCUT2D eigenvalue weighted by Crippen LogP contribution is -2.22. The summed E-state index contributed by atoms with van der Waals surface area (Å²) in [5, 5.41) is 12.3. The van der Waals surface area contributed by atoms with Gasteiger partial charge >= 0.3 is 0 Å². The van der Waals surface area contributed by atoms with E-state index >= 15 is 0 Å². The van der Waals surface area contributed by atoms with E-state index < -0.39 is 4.92 Å². The average Bonchev–Trinajstić information content (AvgIpc) is 2.42. The molecule has 1 aliphatic rings. The van der Waals surface area contributed by atoms with Gasteiger partial charge in [-0.15, -0.1) is 0 Å². The number of benzene rings is 1. The molecule has 0 saturated heterocycles. The summed E-state index contributed by atoms with van der Waals surface area (Å²) in [5.41, 5.74) is 1.28. The van der Waals surface area contributed by atoms with Gasteiger partial charge in [-0.25, -0.2) is 0 Å². The minimum Gasteiger partial charge on any atom is -0.277 e. The third kappa shape index (κ3) is 1.19. The molecule has 1 unspecified atom stereocenters. The molecule has 0 amide bonds. The third-order valence-corrected chi connectivity index (χ3v) is 2.58. The van der Waals surface area contributed by atoms with Gasteiger partial charge < -0.3 is 0 Å². The molecule has 0 saturated carbocycles. The Hall–Kier alpha value is -1.71. The van der Waals surface area contributed by atoms with Gasteiger partial charge in [0.05, 0.1) is 16.3 Å². The molecule has 72 valence electrons. The van der Waals surface area contributed by atoms with Crippen LogP contribution in [0.3, 0.4) is 0 Å². The van der Waals surface area contributed by atoms with Crippen molar-refractivity contribution in [3.05, 3.63) is 38.9 Å². The second-order valence-electron chi connectivity index (χ2n) is 3.45. The van der Waals surface area contributed by atoms with Gasteiger partial charge in [0.1, 0.15) is 0 Å². The van der Waals surface area contributed by atoms with Crippen LogP contribution in [0, 0.1) is 10.1 Å². The highest BCUT2D eigenvalue weighted by molar-refractivity contribution is 5.51. The van der Waals surface area contributed by atoms with E-state index in [1.54, 1.807) is 6.07 Å². The summed E-state index contributed by atoms with van der Waals surface area (Å²) in [6.07, 6.45) is 0. The highest BCUT2D eigenvalue weighted by Crippen LogP contribution is 2.09. The fourth-order valence-electron chi connectivity index (χ4n) is 1.60. The SMILES string of the molecule is CC1=c2ccc([N+](=O)[O-])cc2=NC1C. The maximum Gasteiger partial charge on any atom is 0.271 e. The van der Waals surface area contributed by atoms with Gasteiger partial charge in [0, 0.05) is 17.4 Å². The first-order chi connectivity index (χ1) is 6.59. The van der Waals surface area contributed by atoms with Gasteiger partial charge in [-0.3, -0.25) is 15.1 Å². The molecule has 0 spiro atoms. The number of fused-ring (bicyclic) bond motifs is 1. The lowest BCUT2D eigenvalue weighted by atomic mass is 10.1. The Morgan fingerprint density at radius 3 is 2.86 bits per heavy atom. The summed E-state index contributed by atoms with van der Waals surface area (Å²) in [4.78, 5) is 14.5. The highest BCUT2D eigenvalue weighted by Gasteiger charge is 2.13. The molecule has 0 radical (unpaired) electrons. The van der Waals surface area contributed by atoms with Gasteiger partial charge in [0.2, 0.25) is 0 Å². The molecule has 0 fully saturated rings. The van der Waals surface area contributed by atoms with Crippen LogP contribution in [-0.2, 0) is 0 Å². The molecule has 1 aromatic rings. The molecule has 0 aromatic heterocycles. The molecule has 0 aliphatic carbocycles. The smallest absolute Gasteiger partial charge is 0.271 e. The second-order valence-corrected chi connectivity index (χ2v) is 3.45. The van der Waals surface area contributed by atoms with E-state index in [9.17, 15) is 10.1 Å². The molecule has 4 nitrogen and oxygen atoms in total. The third-order valence-electron chi connectivity index (χ3n) is 2.58. The Bertz CT molecular complexity index is 519. The summed E-state index contributed by atoms with van der Waals surface area (Å²) >= 11 is 0. The van der Waals surface area contributed by atoms with Crippen LogP contribution < -0.4 is 10.6 Å². The van der Waals surface area contributed by atoms with Crippen molar-refractivity contribution in [3.63, 3.8) is 0 Å². The summed E-state index contributed by atoms with van der Waals surface area (Å²) in [6, 6.07) is 4.97. The van der Waals surface area contributed by atoms with Crippen LogP contribution in [-0.4, -0.2) is 11.0 Å². The number of hydrogen-bond donors (Lipinski definition) is 0. The predicted octanol–water partition coefficient (Wildman–Crippen LogP) is 0.787. The van der Waals surface area contributed by atoms with Gasteiger partial charge in [0.15, 0.2) is 0 Å². The topological polar surface area (TPSA) is 55.5 Å². The minimum atomic E-state index is -0.395. The van der Waals surface area contributed by atoms with Gasteiger partial charge in [-0.2, -0.15) is 0 Å². The number of rotatable bonds is 1. The Morgan fingerprint density at radius 2 is 2.21 bits per heavy atom. The monoisotopic (exact) mass is 190 g/mol. The molecule has 1 heterocycles. The zero-order valence-electron chi connectivity index (χ0n) is 8.02. The van der Waals surface area contributed by atoms with Crippen LogP contribution in [0.1, 0.15) is 13.8 Å². The summed E-state index contributed by atoms with van der Waals surface area (Å²) in [6.45, 7) is 3.99. The van der Waals surface area contributed by atoms with Gasteiger partial charge in [-0.1, -0.05) is 0 Å².